The molecule has 3 saturated heterocycles. The number of carbonyl (C=O) groups is 1. The number of ether oxygens (including phenoxy) is 1. The Hall–Kier alpha value is -1.39. The number of aryl methyl sites for hydroxylation is 1. The van der Waals surface area contributed by atoms with Crippen molar-refractivity contribution in [1.82, 2.24) is 9.80 Å². The Morgan fingerprint density at radius 3 is 2.54 bits per heavy atom. The third-order valence-corrected chi connectivity index (χ3v) is 6.62. The zero-order valence-electron chi connectivity index (χ0n) is 15.9. The quantitative estimate of drug-likeness (QED) is 0.830. The van der Waals surface area contributed by atoms with E-state index in [1.165, 1.54) is 44.3 Å². The molecular formula is C22H32N2O2. The summed E-state index contributed by atoms with van der Waals surface area (Å²) in [6.07, 6.45) is 8.54. The molecule has 0 aliphatic carbocycles. The fourth-order valence-corrected chi connectivity index (χ4v) is 4.99. The van der Waals surface area contributed by atoms with Crippen LogP contribution < -0.4 is 0 Å². The van der Waals surface area contributed by atoms with Crippen molar-refractivity contribution in [3.63, 3.8) is 0 Å². The van der Waals surface area contributed by atoms with E-state index in [-0.39, 0.29) is 5.60 Å². The van der Waals surface area contributed by atoms with Crippen molar-refractivity contribution in [2.24, 2.45) is 0 Å². The van der Waals surface area contributed by atoms with Gasteiger partial charge in [-0.15, -0.1) is 0 Å². The first-order valence-electron chi connectivity index (χ1n) is 10.4. The number of hydrogen-bond acceptors (Lipinski definition) is 3. The topological polar surface area (TPSA) is 32.8 Å². The molecule has 26 heavy (non-hydrogen) atoms. The Bertz CT molecular complexity index is 589. The van der Waals surface area contributed by atoms with Gasteiger partial charge in [0.2, 0.25) is 5.91 Å². The first-order chi connectivity index (χ1) is 12.7. The van der Waals surface area contributed by atoms with E-state index in [0.717, 1.165) is 39.0 Å². The van der Waals surface area contributed by atoms with Crippen LogP contribution in [0.3, 0.4) is 0 Å². The second-order valence-corrected chi connectivity index (χ2v) is 8.29. The van der Waals surface area contributed by atoms with E-state index < -0.39 is 0 Å². The standard InChI is InChI=1S/C22H32N2O2/c25-21(9-8-19-6-2-1-3-7-19)24-15-11-22(12-16-24)18-20(10-17-26-22)23-13-4-5-14-23/h1-3,6-7,20H,4-5,8-18H2. The normalized spacial score (nSPS) is 26.3. The molecule has 4 nitrogen and oxygen atoms in total. The van der Waals surface area contributed by atoms with Gasteiger partial charge in [0.15, 0.2) is 0 Å². The molecule has 0 bridgehead atoms. The lowest BCUT2D eigenvalue weighted by Gasteiger charge is -2.48. The number of likely N-dealkylation sites (tertiary alicyclic amines) is 2. The Morgan fingerprint density at radius 1 is 1.08 bits per heavy atom. The SMILES string of the molecule is O=C(CCc1ccccc1)N1CCC2(CC1)CC(N1CCCC1)CCO2. The molecular weight excluding hydrogens is 324 g/mol. The number of piperidine rings is 1. The fraction of sp³-hybridized carbons (Fsp3) is 0.682. The molecule has 0 N–H and O–H groups in total. The average molecular weight is 357 g/mol. The summed E-state index contributed by atoms with van der Waals surface area (Å²) in [5.74, 6) is 0.301. The summed E-state index contributed by atoms with van der Waals surface area (Å²) in [5, 5.41) is 0. The van der Waals surface area contributed by atoms with Gasteiger partial charge < -0.3 is 14.5 Å². The van der Waals surface area contributed by atoms with Gasteiger partial charge in [-0.2, -0.15) is 0 Å². The summed E-state index contributed by atoms with van der Waals surface area (Å²) in [6.45, 7) is 5.15. The van der Waals surface area contributed by atoms with E-state index >= 15 is 0 Å². The van der Waals surface area contributed by atoms with Gasteiger partial charge in [-0.1, -0.05) is 30.3 Å². The first-order valence-corrected chi connectivity index (χ1v) is 10.4. The molecule has 0 saturated carbocycles. The highest BCUT2D eigenvalue weighted by Crippen LogP contribution is 2.37. The van der Waals surface area contributed by atoms with Crippen LogP contribution in [0.25, 0.3) is 0 Å². The summed E-state index contributed by atoms with van der Waals surface area (Å²) < 4.78 is 6.29. The van der Waals surface area contributed by atoms with Crippen LogP contribution >= 0.6 is 0 Å². The molecule has 4 rings (SSSR count). The van der Waals surface area contributed by atoms with Crippen molar-refractivity contribution in [1.29, 1.82) is 0 Å². The summed E-state index contributed by atoms with van der Waals surface area (Å²) in [5.41, 5.74) is 1.28. The van der Waals surface area contributed by atoms with Crippen LogP contribution in [0.1, 0.15) is 50.5 Å². The second kappa shape index (κ2) is 8.10. The summed E-state index contributed by atoms with van der Waals surface area (Å²) in [7, 11) is 0. The van der Waals surface area contributed by atoms with Crippen molar-refractivity contribution in [2.75, 3.05) is 32.8 Å². The molecule has 3 aliphatic rings. The molecule has 1 unspecified atom stereocenters. The lowest BCUT2D eigenvalue weighted by atomic mass is 9.81. The molecule has 1 spiro atoms. The van der Waals surface area contributed by atoms with Crippen LogP contribution in [0.15, 0.2) is 30.3 Å². The molecule has 142 valence electrons. The molecule has 1 amide bonds. The number of amides is 1. The van der Waals surface area contributed by atoms with E-state index in [1.54, 1.807) is 0 Å². The van der Waals surface area contributed by atoms with Crippen molar-refractivity contribution < 1.29 is 9.53 Å². The first kappa shape index (κ1) is 18.0. The third kappa shape index (κ3) is 4.12. The highest BCUT2D eigenvalue weighted by molar-refractivity contribution is 5.76. The highest BCUT2D eigenvalue weighted by atomic mass is 16.5. The molecule has 1 atom stereocenters. The lowest BCUT2D eigenvalue weighted by Crippen LogP contribution is -2.54. The van der Waals surface area contributed by atoms with Crippen molar-refractivity contribution in [3.8, 4) is 0 Å². The van der Waals surface area contributed by atoms with Crippen LogP contribution in [-0.2, 0) is 16.0 Å². The Balaban J connectivity index is 1.27. The van der Waals surface area contributed by atoms with Crippen LogP contribution in [0.4, 0.5) is 0 Å². The Morgan fingerprint density at radius 2 is 1.81 bits per heavy atom. The van der Waals surface area contributed by atoms with Gasteiger partial charge in [0.25, 0.3) is 0 Å². The zero-order valence-corrected chi connectivity index (χ0v) is 15.9. The minimum Gasteiger partial charge on any atom is -0.375 e. The maximum absolute atomic E-state index is 12.6. The molecule has 0 radical (unpaired) electrons. The molecule has 3 fully saturated rings. The van der Waals surface area contributed by atoms with Crippen LogP contribution in [0.5, 0.6) is 0 Å². The maximum Gasteiger partial charge on any atom is 0.222 e. The summed E-state index contributed by atoms with van der Waals surface area (Å²) in [6, 6.07) is 11.0. The predicted molar refractivity (Wildman–Crippen MR) is 103 cm³/mol. The molecule has 1 aromatic rings. The number of nitrogens with zero attached hydrogens (tertiary/aromatic N) is 2. The minimum absolute atomic E-state index is 0.0295. The number of benzene rings is 1. The van der Waals surface area contributed by atoms with Crippen molar-refractivity contribution in [3.05, 3.63) is 35.9 Å². The second-order valence-electron chi connectivity index (χ2n) is 8.29. The molecule has 3 heterocycles. The predicted octanol–water partition coefficient (Wildman–Crippen LogP) is 3.26. The van der Waals surface area contributed by atoms with E-state index in [4.69, 9.17) is 4.74 Å². The minimum atomic E-state index is 0.0295. The zero-order chi connectivity index (χ0) is 17.8. The monoisotopic (exact) mass is 356 g/mol. The Kier molecular flexibility index (Phi) is 5.60. The van der Waals surface area contributed by atoms with E-state index in [1.807, 2.05) is 18.2 Å². The number of carbonyl (C=O) groups excluding carboxylic acids is 1. The van der Waals surface area contributed by atoms with E-state index in [0.29, 0.717) is 18.4 Å². The van der Waals surface area contributed by atoms with Gasteiger partial charge in [0.1, 0.15) is 0 Å². The molecule has 3 aliphatic heterocycles. The van der Waals surface area contributed by atoms with Crippen LogP contribution in [0.2, 0.25) is 0 Å². The summed E-state index contributed by atoms with van der Waals surface area (Å²) in [4.78, 5) is 17.3. The number of hydrogen-bond donors (Lipinski definition) is 0. The van der Waals surface area contributed by atoms with E-state index in [9.17, 15) is 4.79 Å². The van der Waals surface area contributed by atoms with Gasteiger partial charge in [0.05, 0.1) is 5.60 Å². The number of rotatable bonds is 4. The maximum atomic E-state index is 12.6. The molecule has 0 aromatic heterocycles. The van der Waals surface area contributed by atoms with Gasteiger partial charge in [-0.25, -0.2) is 0 Å². The highest BCUT2D eigenvalue weighted by Gasteiger charge is 2.42. The van der Waals surface area contributed by atoms with Crippen LogP contribution in [0, 0.1) is 0 Å². The lowest BCUT2D eigenvalue weighted by molar-refractivity contribution is -0.148. The van der Waals surface area contributed by atoms with Gasteiger partial charge in [-0.05, 0) is 63.6 Å². The van der Waals surface area contributed by atoms with Crippen molar-refractivity contribution in [2.45, 2.75) is 63.0 Å². The molecule has 4 heteroatoms. The smallest absolute Gasteiger partial charge is 0.222 e. The largest absolute Gasteiger partial charge is 0.375 e. The van der Waals surface area contributed by atoms with Gasteiger partial charge in [-0.3, -0.25) is 4.79 Å². The van der Waals surface area contributed by atoms with Crippen molar-refractivity contribution >= 4 is 5.91 Å². The van der Waals surface area contributed by atoms with Gasteiger partial charge >= 0.3 is 0 Å². The molecule has 1 aromatic carbocycles. The summed E-state index contributed by atoms with van der Waals surface area (Å²) >= 11 is 0. The Labute approximate surface area is 157 Å². The van der Waals surface area contributed by atoms with Crippen LogP contribution in [-0.4, -0.2) is 60.1 Å². The average Bonchev–Trinajstić information content (AvgIpc) is 3.23. The van der Waals surface area contributed by atoms with Gasteiger partial charge in [0, 0.05) is 32.2 Å². The fourth-order valence-electron chi connectivity index (χ4n) is 4.99. The third-order valence-electron chi connectivity index (χ3n) is 6.62. The van der Waals surface area contributed by atoms with E-state index in [2.05, 4.69) is 21.9 Å².